The molecular weight excluding hydrogens is 268 g/mol. The van der Waals surface area contributed by atoms with Crippen molar-refractivity contribution in [3.8, 4) is 0 Å². The molecule has 0 spiro atoms. The van der Waals surface area contributed by atoms with Crippen molar-refractivity contribution in [2.45, 2.75) is 66.0 Å². The maximum Gasteiger partial charge on any atom is 0.326 e. The number of nitrogens with zero attached hydrogens (tertiary/aromatic N) is 1. The normalized spacial score (nSPS) is 15.8. The molecule has 0 radical (unpaired) electrons. The highest BCUT2D eigenvalue weighted by molar-refractivity contribution is 5.87. The molecule has 0 aliphatic rings. The Morgan fingerprint density at radius 3 is 2.14 bits per heavy atom. The number of carbonyl (C=O) groups is 2. The summed E-state index contributed by atoms with van der Waals surface area (Å²) in [6.07, 6.45) is 2.82. The minimum atomic E-state index is -0.962. The lowest BCUT2D eigenvalue weighted by molar-refractivity contribution is -0.144. The summed E-state index contributed by atoms with van der Waals surface area (Å²) in [5.41, 5.74) is 0. The first-order valence-corrected chi connectivity index (χ1v) is 7.99. The first-order valence-electron chi connectivity index (χ1n) is 7.99. The molecule has 2 N–H and O–H groups in total. The lowest BCUT2D eigenvalue weighted by Crippen LogP contribution is -2.54. The Hall–Kier alpha value is -1.10. The number of nitrogens with one attached hydrogen (secondary N) is 1. The molecule has 0 aromatic heterocycles. The van der Waals surface area contributed by atoms with E-state index in [4.69, 9.17) is 0 Å². The third-order valence-electron chi connectivity index (χ3n) is 4.02. The van der Waals surface area contributed by atoms with Gasteiger partial charge in [0.25, 0.3) is 0 Å². The highest BCUT2D eigenvalue weighted by atomic mass is 16.4. The van der Waals surface area contributed by atoms with Crippen LogP contribution in [0.1, 0.15) is 53.9 Å². The van der Waals surface area contributed by atoms with E-state index in [0.717, 1.165) is 25.8 Å². The topological polar surface area (TPSA) is 69.6 Å². The van der Waals surface area contributed by atoms with Gasteiger partial charge in [0, 0.05) is 0 Å². The van der Waals surface area contributed by atoms with E-state index >= 15 is 0 Å². The predicted octanol–water partition coefficient (Wildman–Crippen LogP) is 2.36. The molecular formula is C16H32N2O3. The van der Waals surface area contributed by atoms with E-state index < -0.39 is 12.0 Å². The highest BCUT2D eigenvalue weighted by Crippen LogP contribution is 2.13. The van der Waals surface area contributed by atoms with Crippen molar-refractivity contribution >= 4 is 11.9 Å². The molecule has 0 fully saturated rings. The number of rotatable bonds is 10. The molecule has 0 heterocycles. The first-order chi connectivity index (χ1) is 9.76. The summed E-state index contributed by atoms with van der Waals surface area (Å²) < 4.78 is 0. The minimum Gasteiger partial charge on any atom is -0.480 e. The Labute approximate surface area is 129 Å². The van der Waals surface area contributed by atoms with Gasteiger partial charge in [-0.1, -0.05) is 47.5 Å². The van der Waals surface area contributed by atoms with Crippen LogP contribution in [0.25, 0.3) is 0 Å². The molecule has 1 amide bonds. The highest BCUT2D eigenvalue weighted by Gasteiger charge is 2.31. The van der Waals surface area contributed by atoms with Crippen LogP contribution in [0.5, 0.6) is 0 Å². The Morgan fingerprint density at radius 2 is 1.76 bits per heavy atom. The van der Waals surface area contributed by atoms with Crippen LogP contribution in [0, 0.1) is 11.8 Å². The zero-order valence-corrected chi connectivity index (χ0v) is 14.3. The maximum absolute atomic E-state index is 12.5. The molecule has 0 rings (SSSR count). The number of hydrogen-bond donors (Lipinski definition) is 2. The molecule has 0 aromatic rings. The molecule has 21 heavy (non-hydrogen) atoms. The first kappa shape index (κ1) is 19.9. The number of amides is 1. The van der Waals surface area contributed by atoms with Gasteiger partial charge in [0.1, 0.15) is 6.04 Å². The smallest absolute Gasteiger partial charge is 0.326 e. The second-order valence-corrected chi connectivity index (χ2v) is 6.23. The summed E-state index contributed by atoms with van der Waals surface area (Å²) in [6, 6.07) is -1.11. The van der Waals surface area contributed by atoms with Crippen LogP contribution < -0.4 is 5.32 Å². The van der Waals surface area contributed by atoms with Gasteiger partial charge in [-0.3, -0.25) is 9.69 Å². The number of aliphatic carboxylic acids is 1. The monoisotopic (exact) mass is 300 g/mol. The van der Waals surface area contributed by atoms with Gasteiger partial charge in [-0.2, -0.15) is 0 Å². The number of likely N-dealkylation sites (N-methyl/N-ethyl adjacent to an activating group) is 1. The average molecular weight is 300 g/mol. The zero-order chi connectivity index (χ0) is 16.6. The van der Waals surface area contributed by atoms with Crippen LogP contribution in [0.2, 0.25) is 0 Å². The van der Waals surface area contributed by atoms with Gasteiger partial charge in [-0.15, -0.1) is 0 Å². The molecule has 0 aromatic carbocycles. The fraction of sp³-hybridized carbons (Fsp3) is 0.875. The van der Waals surface area contributed by atoms with E-state index in [1.807, 2.05) is 39.6 Å². The van der Waals surface area contributed by atoms with Gasteiger partial charge in [-0.25, -0.2) is 4.79 Å². The van der Waals surface area contributed by atoms with Gasteiger partial charge in [0.2, 0.25) is 5.91 Å². The number of hydrogen-bond acceptors (Lipinski definition) is 3. The summed E-state index contributed by atoms with van der Waals surface area (Å²) in [5.74, 6) is -1.09. The number of carbonyl (C=O) groups excluding carboxylic acids is 1. The lowest BCUT2D eigenvalue weighted by atomic mass is 9.96. The Kier molecular flexibility index (Phi) is 9.26. The van der Waals surface area contributed by atoms with Gasteiger partial charge in [0.15, 0.2) is 0 Å². The van der Waals surface area contributed by atoms with E-state index in [9.17, 15) is 14.7 Å². The van der Waals surface area contributed by atoms with Crippen LogP contribution in [0.3, 0.4) is 0 Å². The quantitative estimate of drug-likeness (QED) is 0.650. The second kappa shape index (κ2) is 9.77. The molecule has 3 atom stereocenters. The van der Waals surface area contributed by atoms with Crippen molar-refractivity contribution in [2.24, 2.45) is 11.8 Å². The van der Waals surface area contributed by atoms with Crippen LogP contribution in [0.15, 0.2) is 0 Å². The molecule has 0 saturated heterocycles. The number of carboxylic acids is 1. The Morgan fingerprint density at radius 1 is 1.19 bits per heavy atom. The van der Waals surface area contributed by atoms with E-state index in [2.05, 4.69) is 12.2 Å². The van der Waals surface area contributed by atoms with E-state index in [-0.39, 0.29) is 23.8 Å². The molecule has 0 saturated carbocycles. The number of unbranched alkanes of at least 4 members (excludes halogenated alkanes) is 1. The van der Waals surface area contributed by atoms with E-state index in [1.54, 1.807) is 0 Å². The molecule has 124 valence electrons. The molecule has 5 nitrogen and oxygen atoms in total. The summed E-state index contributed by atoms with van der Waals surface area (Å²) >= 11 is 0. The fourth-order valence-corrected chi connectivity index (χ4v) is 2.48. The summed E-state index contributed by atoms with van der Waals surface area (Å²) in [5, 5.41) is 12.0. The van der Waals surface area contributed by atoms with Gasteiger partial charge in [0.05, 0.1) is 6.04 Å². The molecule has 3 unspecified atom stereocenters. The number of carboxylic acid groups (broad SMARTS) is 1. The lowest BCUT2D eigenvalue weighted by Gasteiger charge is -2.32. The Bertz CT molecular complexity index is 331. The standard InChI is InChI=1S/C16H32N2O3/c1-7-9-10-18(6)14(11(3)4)15(19)17-13(16(20)21)12(5)8-2/h11-14H,7-10H2,1-6H3,(H,17,19)(H,20,21). The van der Waals surface area contributed by atoms with Gasteiger partial charge < -0.3 is 10.4 Å². The third kappa shape index (κ3) is 6.46. The second-order valence-electron chi connectivity index (χ2n) is 6.23. The zero-order valence-electron chi connectivity index (χ0n) is 14.3. The average Bonchev–Trinajstić information content (AvgIpc) is 2.40. The summed E-state index contributed by atoms with van der Waals surface area (Å²) in [7, 11) is 1.93. The van der Waals surface area contributed by atoms with Crippen LogP contribution in [0.4, 0.5) is 0 Å². The Balaban J connectivity index is 4.91. The third-order valence-corrected chi connectivity index (χ3v) is 4.02. The van der Waals surface area contributed by atoms with Crippen molar-refractivity contribution in [3.05, 3.63) is 0 Å². The largest absolute Gasteiger partial charge is 0.480 e. The predicted molar refractivity (Wildman–Crippen MR) is 85.2 cm³/mol. The molecule has 0 bridgehead atoms. The van der Waals surface area contributed by atoms with Gasteiger partial charge in [-0.05, 0) is 31.8 Å². The van der Waals surface area contributed by atoms with Crippen LogP contribution in [-0.4, -0.2) is 47.6 Å². The minimum absolute atomic E-state index is 0.0831. The summed E-state index contributed by atoms with van der Waals surface area (Å²) in [4.78, 5) is 25.9. The van der Waals surface area contributed by atoms with Gasteiger partial charge >= 0.3 is 5.97 Å². The summed E-state index contributed by atoms with van der Waals surface area (Å²) in [6.45, 7) is 10.7. The van der Waals surface area contributed by atoms with E-state index in [1.165, 1.54) is 0 Å². The van der Waals surface area contributed by atoms with E-state index in [0.29, 0.717) is 0 Å². The molecule has 0 aliphatic carbocycles. The fourth-order valence-electron chi connectivity index (χ4n) is 2.48. The maximum atomic E-state index is 12.5. The van der Waals surface area contributed by atoms with Crippen LogP contribution in [-0.2, 0) is 9.59 Å². The van der Waals surface area contributed by atoms with Crippen molar-refractivity contribution in [2.75, 3.05) is 13.6 Å². The van der Waals surface area contributed by atoms with Crippen molar-refractivity contribution in [3.63, 3.8) is 0 Å². The molecule has 5 heteroatoms. The van der Waals surface area contributed by atoms with Crippen molar-refractivity contribution in [1.29, 1.82) is 0 Å². The van der Waals surface area contributed by atoms with Crippen molar-refractivity contribution < 1.29 is 14.7 Å². The molecule has 0 aliphatic heterocycles. The van der Waals surface area contributed by atoms with Crippen LogP contribution >= 0.6 is 0 Å². The SMILES string of the molecule is CCCCN(C)C(C(=O)NC(C(=O)O)C(C)CC)C(C)C. The van der Waals surface area contributed by atoms with Crippen molar-refractivity contribution in [1.82, 2.24) is 10.2 Å².